The Kier molecular flexibility index (Phi) is 4.09. The van der Waals surface area contributed by atoms with Gasteiger partial charge in [0.05, 0.1) is 0 Å². The highest BCUT2D eigenvalue weighted by Crippen LogP contribution is 2.18. The van der Waals surface area contributed by atoms with Crippen molar-refractivity contribution >= 4 is 34.2 Å². The van der Waals surface area contributed by atoms with Gasteiger partial charge in [-0.15, -0.1) is 0 Å². The van der Waals surface area contributed by atoms with Gasteiger partial charge in [-0.05, 0) is 40.3 Å². The van der Waals surface area contributed by atoms with Gasteiger partial charge in [0.1, 0.15) is 9.53 Å². The predicted octanol–water partition coefficient (Wildman–Crippen LogP) is 4.31. The van der Waals surface area contributed by atoms with E-state index in [1.807, 2.05) is 12.1 Å². The van der Waals surface area contributed by atoms with E-state index in [0.29, 0.717) is 5.92 Å². The van der Waals surface area contributed by atoms with Crippen LogP contribution in [0.1, 0.15) is 31.2 Å². The van der Waals surface area contributed by atoms with Crippen molar-refractivity contribution in [3.63, 3.8) is 0 Å². The maximum Gasteiger partial charge on any atom is 0.119 e. The lowest BCUT2D eigenvalue weighted by Crippen LogP contribution is -2.05. The molecule has 2 aromatic rings. The normalized spacial score (nSPS) is 11.1. The van der Waals surface area contributed by atoms with Crippen molar-refractivity contribution in [3.05, 3.63) is 50.6 Å². The first-order chi connectivity index (χ1) is 8.06. The lowest BCUT2D eigenvalue weighted by molar-refractivity contribution is 0.669. The molecule has 0 atom stereocenters. The fourth-order valence-electron chi connectivity index (χ4n) is 1.77. The number of hydrogen-bond donors (Lipinski definition) is 0. The van der Waals surface area contributed by atoms with Crippen LogP contribution in [0.15, 0.2) is 30.5 Å². The summed E-state index contributed by atoms with van der Waals surface area (Å²) in [5, 5.41) is 0.776. The number of nitrogens with zero attached hydrogens (tertiary/aromatic N) is 2. The molecule has 0 fully saturated rings. The van der Waals surface area contributed by atoms with E-state index in [1.165, 1.54) is 5.56 Å². The van der Waals surface area contributed by atoms with Gasteiger partial charge in [0.25, 0.3) is 0 Å². The molecule has 1 aromatic heterocycles. The van der Waals surface area contributed by atoms with Crippen molar-refractivity contribution < 1.29 is 0 Å². The van der Waals surface area contributed by atoms with E-state index >= 15 is 0 Å². The number of benzene rings is 1. The SMILES string of the molecule is CC(C)c1nc(I)cn1Cc1ccc(Cl)cc1. The number of aromatic nitrogens is 2. The molecule has 0 saturated carbocycles. The van der Waals surface area contributed by atoms with E-state index in [9.17, 15) is 0 Å². The maximum atomic E-state index is 5.88. The van der Waals surface area contributed by atoms with E-state index in [0.717, 1.165) is 21.1 Å². The highest BCUT2D eigenvalue weighted by molar-refractivity contribution is 14.1. The maximum absolute atomic E-state index is 5.88. The van der Waals surface area contributed by atoms with Gasteiger partial charge in [0, 0.05) is 23.7 Å². The lowest BCUT2D eigenvalue weighted by Gasteiger charge is -2.10. The molecule has 0 N–H and O–H groups in total. The summed E-state index contributed by atoms with van der Waals surface area (Å²) in [5.74, 6) is 1.56. The highest BCUT2D eigenvalue weighted by atomic mass is 127. The van der Waals surface area contributed by atoms with Gasteiger partial charge in [-0.1, -0.05) is 37.6 Å². The quantitative estimate of drug-likeness (QED) is 0.746. The lowest BCUT2D eigenvalue weighted by atomic mass is 10.2. The second kappa shape index (κ2) is 5.40. The molecule has 0 saturated heterocycles. The standard InChI is InChI=1S/C13H14ClIN2/c1-9(2)13-16-12(15)8-17(13)7-10-3-5-11(14)6-4-10/h3-6,8-9H,7H2,1-2H3. The fraction of sp³-hybridized carbons (Fsp3) is 0.308. The van der Waals surface area contributed by atoms with Gasteiger partial charge in [-0.2, -0.15) is 0 Å². The van der Waals surface area contributed by atoms with Gasteiger partial charge in [0.2, 0.25) is 0 Å². The van der Waals surface area contributed by atoms with Crippen LogP contribution in [0.2, 0.25) is 5.02 Å². The average Bonchev–Trinajstić information content (AvgIpc) is 2.63. The van der Waals surface area contributed by atoms with Crippen molar-refractivity contribution in [2.75, 3.05) is 0 Å². The third kappa shape index (κ3) is 3.22. The van der Waals surface area contributed by atoms with Crippen LogP contribution >= 0.6 is 34.2 Å². The molecule has 0 unspecified atom stereocenters. The molecule has 1 heterocycles. The van der Waals surface area contributed by atoms with Crippen LogP contribution < -0.4 is 0 Å². The van der Waals surface area contributed by atoms with Crippen LogP contribution in [0.5, 0.6) is 0 Å². The van der Waals surface area contributed by atoms with Crippen molar-refractivity contribution in [2.45, 2.75) is 26.3 Å². The van der Waals surface area contributed by atoms with E-state index in [1.54, 1.807) is 0 Å². The molecule has 17 heavy (non-hydrogen) atoms. The van der Waals surface area contributed by atoms with E-state index in [4.69, 9.17) is 11.6 Å². The van der Waals surface area contributed by atoms with E-state index < -0.39 is 0 Å². The Balaban J connectivity index is 2.26. The molecule has 2 nitrogen and oxygen atoms in total. The van der Waals surface area contributed by atoms with E-state index in [-0.39, 0.29) is 0 Å². The number of imidazole rings is 1. The molecule has 4 heteroatoms. The minimum Gasteiger partial charge on any atom is -0.329 e. The Morgan fingerprint density at radius 2 is 1.94 bits per heavy atom. The summed E-state index contributed by atoms with van der Waals surface area (Å²) in [6, 6.07) is 7.96. The zero-order valence-electron chi connectivity index (χ0n) is 9.82. The van der Waals surface area contributed by atoms with Gasteiger partial charge < -0.3 is 4.57 Å². The van der Waals surface area contributed by atoms with Crippen LogP contribution in [-0.4, -0.2) is 9.55 Å². The molecule has 0 bridgehead atoms. The van der Waals surface area contributed by atoms with Crippen LogP contribution in [-0.2, 0) is 6.54 Å². The molecule has 2 rings (SSSR count). The van der Waals surface area contributed by atoms with Crippen molar-refractivity contribution in [1.82, 2.24) is 9.55 Å². The zero-order chi connectivity index (χ0) is 12.4. The predicted molar refractivity (Wildman–Crippen MR) is 79.6 cm³/mol. The molecule has 0 aliphatic heterocycles. The third-order valence-corrected chi connectivity index (χ3v) is 3.33. The Morgan fingerprint density at radius 3 is 2.53 bits per heavy atom. The molecule has 0 amide bonds. The summed E-state index contributed by atoms with van der Waals surface area (Å²) in [4.78, 5) is 4.55. The van der Waals surface area contributed by atoms with Gasteiger partial charge in [-0.3, -0.25) is 0 Å². The number of halogens is 2. The second-order valence-corrected chi connectivity index (χ2v) is 5.87. The molecule has 0 spiro atoms. The van der Waals surface area contributed by atoms with Crippen molar-refractivity contribution in [3.8, 4) is 0 Å². The Labute approximate surface area is 120 Å². The summed E-state index contributed by atoms with van der Waals surface area (Å²) in [6.45, 7) is 5.17. The van der Waals surface area contributed by atoms with Gasteiger partial charge in [0.15, 0.2) is 0 Å². The van der Waals surface area contributed by atoms with Gasteiger partial charge >= 0.3 is 0 Å². The first-order valence-electron chi connectivity index (χ1n) is 5.53. The van der Waals surface area contributed by atoms with Crippen LogP contribution in [0.25, 0.3) is 0 Å². The molecule has 1 aromatic carbocycles. The van der Waals surface area contributed by atoms with Gasteiger partial charge in [-0.25, -0.2) is 4.98 Å². The molecule has 0 aliphatic rings. The Bertz CT molecular complexity index is 503. The molecule has 90 valence electrons. The van der Waals surface area contributed by atoms with Crippen molar-refractivity contribution in [1.29, 1.82) is 0 Å². The van der Waals surface area contributed by atoms with Crippen molar-refractivity contribution in [2.24, 2.45) is 0 Å². The number of hydrogen-bond acceptors (Lipinski definition) is 1. The smallest absolute Gasteiger partial charge is 0.119 e. The first kappa shape index (κ1) is 12.9. The Hall–Kier alpha value is -0.550. The fourth-order valence-corrected chi connectivity index (χ4v) is 2.48. The third-order valence-electron chi connectivity index (χ3n) is 2.56. The largest absolute Gasteiger partial charge is 0.329 e. The molecular weight excluding hydrogens is 347 g/mol. The summed E-state index contributed by atoms with van der Waals surface area (Å²) in [7, 11) is 0. The topological polar surface area (TPSA) is 17.8 Å². The molecule has 0 radical (unpaired) electrons. The summed E-state index contributed by atoms with van der Waals surface area (Å²) in [5.41, 5.74) is 1.24. The summed E-state index contributed by atoms with van der Waals surface area (Å²) >= 11 is 8.13. The summed E-state index contributed by atoms with van der Waals surface area (Å²) in [6.07, 6.45) is 2.09. The average molecular weight is 361 g/mol. The minimum atomic E-state index is 0.436. The van der Waals surface area contributed by atoms with Crippen LogP contribution in [0.4, 0.5) is 0 Å². The molecular formula is C13H14ClIN2. The Morgan fingerprint density at radius 1 is 1.29 bits per heavy atom. The second-order valence-electron chi connectivity index (χ2n) is 4.33. The monoisotopic (exact) mass is 360 g/mol. The number of rotatable bonds is 3. The first-order valence-corrected chi connectivity index (χ1v) is 6.99. The molecule has 0 aliphatic carbocycles. The minimum absolute atomic E-state index is 0.436. The van der Waals surface area contributed by atoms with Crippen LogP contribution in [0, 0.1) is 3.70 Å². The summed E-state index contributed by atoms with van der Waals surface area (Å²) < 4.78 is 3.25. The highest BCUT2D eigenvalue weighted by Gasteiger charge is 2.10. The van der Waals surface area contributed by atoms with Crippen LogP contribution in [0.3, 0.4) is 0 Å². The zero-order valence-corrected chi connectivity index (χ0v) is 12.7. The van der Waals surface area contributed by atoms with E-state index in [2.05, 4.69) is 64.3 Å².